The van der Waals surface area contributed by atoms with Crippen LogP contribution in [0.2, 0.25) is 0 Å². The van der Waals surface area contributed by atoms with Gasteiger partial charge >= 0.3 is 5.97 Å². The van der Waals surface area contributed by atoms with Crippen molar-refractivity contribution >= 4 is 27.8 Å². The van der Waals surface area contributed by atoms with Crippen molar-refractivity contribution in [2.75, 3.05) is 26.2 Å². The molecule has 8 atom stereocenters. The van der Waals surface area contributed by atoms with Crippen molar-refractivity contribution < 1.29 is 15.0 Å². The molecule has 7 nitrogen and oxygen atoms in total. The van der Waals surface area contributed by atoms with Gasteiger partial charge in [-0.25, -0.2) is 0 Å². The molecule has 2 fully saturated rings. The van der Waals surface area contributed by atoms with Crippen LogP contribution in [0.4, 0.5) is 0 Å². The van der Waals surface area contributed by atoms with E-state index in [2.05, 4.69) is 82.2 Å². The van der Waals surface area contributed by atoms with Gasteiger partial charge in [-0.3, -0.25) is 14.6 Å². The van der Waals surface area contributed by atoms with Gasteiger partial charge in [0.1, 0.15) is 11.0 Å². The Labute approximate surface area is 270 Å². The number of nitrogens with one attached hydrogen (secondary N) is 2. The van der Waals surface area contributed by atoms with Crippen molar-refractivity contribution in [1.29, 1.82) is 0 Å². The molecule has 2 aromatic heterocycles. The van der Waals surface area contributed by atoms with Crippen molar-refractivity contribution in [2.45, 2.75) is 75.5 Å². The molecule has 6 aliphatic heterocycles. The van der Waals surface area contributed by atoms with E-state index >= 15 is 0 Å². The standard InChI is InChI=1S/C20H22N2O2.C19H22N2O/c1-2-13-9-12-10-20(19(23)24)17-15(7-8-22(11-12)18(13)20)14-5-3-4-6-16(14)21-17;1-2-13-9-12-10-19(22)17-15(7-8-21(11-12)18(13)19)14-5-3-4-6-16(14)20-17/h3-6,9,12,18,21H,2,7-8,10-11H2,1H3,(H,23,24);3-6,9,12,18,20,22H,2,7-8,10-11H2,1H3. The molecule has 8 heterocycles. The van der Waals surface area contributed by atoms with E-state index in [0.717, 1.165) is 80.7 Å². The van der Waals surface area contributed by atoms with Crippen molar-refractivity contribution in [3.8, 4) is 0 Å². The number of aromatic nitrogens is 2. The van der Waals surface area contributed by atoms with Crippen LogP contribution in [0.1, 0.15) is 62.0 Å². The molecule has 7 heteroatoms. The first-order valence-corrected chi connectivity index (χ1v) is 17.4. The lowest BCUT2D eigenvalue weighted by Gasteiger charge is -2.53. The molecular weight excluding hydrogens is 572 g/mol. The number of carboxylic acids is 1. The summed E-state index contributed by atoms with van der Waals surface area (Å²) in [7, 11) is 0. The van der Waals surface area contributed by atoms with Crippen molar-refractivity contribution in [3.63, 3.8) is 0 Å². The Morgan fingerprint density at radius 2 is 1.30 bits per heavy atom. The highest BCUT2D eigenvalue weighted by Gasteiger charge is 2.60. The maximum absolute atomic E-state index is 12.7. The molecule has 4 aromatic rings. The molecule has 4 N–H and O–H groups in total. The van der Waals surface area contributed by atoms with Gasteiger partial charge in [-0.1, -0.05) is 73.5 Å². The number of hydrogen-bond donors (Lipinski definition) is 4. The average molecular weight is 617 g/mol. The lowest BCUT2D eigenvalue weighted by atomic mass is 9.60. The molecule has 0 saturated carbocycles. The number of aromatic amines is 2. The van der Waals surface area contributed by atoms with E-state index < -0.39 is 17.0 Å². The van der Waals surface area contributed by atoms with E-state index in [1.807, 2.05) is 12.1 Å². The molecule has 12 rings (SSSR count). The first-order valence-electron chi connectivity index (χ1n) is 17.4. The Balaban J connectivity index is 0.000000127. The van der Waals surface area contributed by atoms with Gasteiger partial charge in [0.15, 0.2) is 0 Å². The van der Waals surface area contributed by atoms with Crippen LogP contribution < -0.4 is 0 Å². The second-order valence-electron chi connectivity index (χ2n) is 14.7. The number of nitrogens with zero attached hydrogens (tertiary/aromatic N) is 2. The number of fused-ring (bicyclic) bond motifs is 6. The maximum Gasteiger partial charge on any atom is 0.317 e. The lowest BCUT2D eigenvalue weighted by Crippen LogP contribution is -2.63. The number of piperidine rings is 2. The Morgan fingerprint density at radius 3 is 1.91 bits per heavy atom. The van der Waals surface area contributed by atoms with E-state index in [9.17, 15) is 15.0 Å². The fraction of sp³-hybridized carbons (Fsp3) is 0.462. The Kier molecular flexibility index (Phi) is 6.32. The lowest BCUT2D eigenvalue weighted by molar-refractivity contribution is -0.150. The SMILES string of the molecule is CCC1=CC2CN3CCc4c([nH]c5ccccc45)C(C(=O)O)(C2)C13.CCC1=CC2CN3CCc4c([nH]c5ccccc45)C(O)(C2)C13. The number of carboxylic acid groups (broad SMARTS) is 1. The number of H-pyrrole nitrogens is 2. The zero-order valence-corrected chi connectivity index (χ0v) is 26.9. The minimum Gasteiger partial charge on any atom is -0.480 e. The first-order chi connectivity index (χ1) is 22.4. The number of benzene rings is 2. The molecule has 2 aliphatic carbocycles. The van der Waals surface area contributed by atoms with Crippen LogP contribution in [0.15, 0.2) is 71.8 Å². The number of para-hydroxylation sites is 2. The van der Waals surface area contributed by atoms with Gasteiger partial charge in [0.2, 0.25) is 0 Å². The van der Waals surface area contributed by atoms with Crippen LogP contribution in [0.3, 0.4) is 0 Å². The Morgan fingerprint density at radius 1 is 0.783 bits per heavy atom. The quantitative estimate of drug-likeness (QED) is 0.211. The second-order valence-corrected chi connectivity index (χ2v) is 14.7. The number of hydrogen-bond acceptors (Lipinski definition) is 4. The third-order valence-electron chi connectivity index (χ3n) is 12.3. The Bertz CT molecular complexity index is 1950. The molecule has 8 aliphatic rings. The third kappa shape index (κ3) is 3.79. The smallest absolute Gasteiger partial charge is 0.317 e. The zero-order valence-electron chi connectivity index (χ0n) is 26.9. The monoisotopic (exact) mass is 616 g/mol. The summed E-state index contributed by atoms with van der Waals surface area (Å²) in [4.78, 5) is 24.7. The topological polar surface area (TPSA) is 95.6 Å². The van der Waals surface area contributed by atoms with E-state index in [-0.39, 0.29) is 12.1 Å². The largest absolute Gasteiger partial charge is 0.480 e. The van der Waals surface area contributed by atoms with Gasteiger partial charge in [0, 0.05) is 53.7 Å². The van der Waals surface area contributed by atoms with Crippen LogP contribution in [0, 0.1) is 11.8 Å². The fourth-order valence-corrected chi connectivity index (χ4v) is 10.7. The van der Waals surface area contributed by atoms with E-state index in [4.69, 9.17) is 0 Å². The molecular formula is C39H44N4O3. The number of aliphatic carboxylic acids is 1. The summed E-state index contributed by atoms with van der Waals surface area (Å²) in [5.74, 6) is 0.164. The minimum absolute atomic E-state index is 0.000637. The van der Waals surface area contributed by atoms with E-state index in [1.54, 1.807) is 0 Å². The number of rotatable bonds is 3. The molecule has 8 bridgehead atoms. The predicted molar refractivity (Wildman–Crippen MR) is 181 cm³/mol. The highest BCUT2D eigenvalue weighted by atomic mass is 16.4. The van der Waals surface area contributed by atoms with Gasteiger partial charge in [-0.15, -0.1) is 0 Å². The molecule has 0 radical (unpaired) electrons. The summed E-state index contributed by atoms with van der Waals surface area (Å²) in [5, 5.41) is 24.6. The van der Waals surface area contributed by atoms with E-state index in [0.29, 0.717) is 18.3 Å². The highest BCUT2D eigenvalue weighted by molar-refractivity contribution is 5.91. The van der Waals surface area contributed by atoms with Gasteiger partial charge in [0.05, 0.1) is 17.8 Å². The van der Waals surface area contributed by atoms with Gasteiger partial charge in [-0.2, -0.15) is 0 Å². The van der Waals surface area contributed by atoms with Crippen LogP contribution in [0.25, 0.3) is 21.8 Å². The van der Waals surface area contributed by atoms with Crippen molar-refractivity contribution in [1.82, 2.24) is 19.8 Å². The van der Waals surface area contributed by atoms with Crippen LogP contribution in [-0.4, -0.2) is 74.2 Å². The van der Waals surface area contributed by atoms with Gasteiger partial charge in [0.25, 0.3) is 0 Å². The normalized spacial score (nSPS) is 34.9. The summed E-state index contributed by atoms with van der Waals surface area (Å²) >= 11 is 0. The second kappa shape index (κ2) is 10.2. The molecule has 0 amide bonds. The zero-order chi connectivity index (χ0) is 31.4. The molecule has 238 valence electrons. The van der Waals surface area contributed by atoms with Crippen LogP contribution in [-0.2, 0) is 28.7 Å². The first kappa shape index (κ1) is 28.6. The third-order valence-corrected chi connectivity index (χ3v) is 12.3. The number of carbonyl (C=O) groups is 1. The van der Waals surface area contributed by atoms with E-state index in [1.165, 1.54) is 33.0 Å². The summed E-state index contributed by atoms with van der Waals surface area (Å²) in [6.45, 7) is 8.48. The summed E-state index contributed by atoms with van der Waals surface area (Å²) in [6.07, 6.45) is 10.3. The molecule has 2 aromatic carbocycles. The molecule has 0 spiro atoms. The maximum atomic E-state index is 12.7. The predicted octanol–water partition coefficient (Wildman–Crippen LogP) is 6.04. The van der Waals surface area contributed by atoms with Crippen LogP contribution in [0.5, 0.6) is 0 Å². The van der Waals surface area contributed by atoms with Gasteiger partial charge in [-0.05, 0) is 73.6 Å². The summed E-state index contributed by atoms with van der Waals surface area (Å²) < 4.78 is 0. The molecule has 2 saturated heterocycles. The molecule has 8 unspecified atom stereocenters. The van der Waals surface area contributed by atoms with Crippen molar-refractivity contribution in [3.05, 3.63) is 94.3 Å². The fourth-order valence-electron chi connectivity index (χ4n) is 10.7. The average Bonchev–Trinajstić information content (AvgIpc) is 3.60. The van der Waals surface area contributed by atoms with Crippen molar-refractivity contribution in [2.24, 2.45) is 11.8 Å². The summed E-state index contributed by atoms with van der Waals surface area (Å²) in [6, 6.07) is 16.9. The highest BCUT2D eigenvalue weighted by Crippen LogP contribution is 2.53. The minimum atomic E-state index is -0.826. The summed E-state index contributed by atoms with van der Waals surface area (Å²) in [5.41, 5.74) is 8.02. The van der Waals surface area contributed by atoms with Gasteiger partial charge < -0.3 is 20.2 Å². The molecule has 46 heavy (non-hydrogen) atoms. The number of aliphatic hydroxyl groups is 1. The van der Waals surface area contributed by atoms with Crippen LogP contribution >= 0.6 is 0 Å². The Hall–Kier alpha value is -3.65.